The van der Waals surface area contributed by atoms with E-state index in [1.807, 2.05) is 6.92 Å². The molecule has 3 heteroatoms. The van der Waals surface area contributed by atoms with E-state index >= 15 is 0 Å². The molecule has 0 bridgehead atoms. The quantitative estimate of drug-likeness (QED) is 0.799. The van der Waals surface area contributed by atoms with E-state index in [0.717, 1.165) is 11.3 Å². The minimum absolute atomic E-state index is 0.00919. The van der Waals surface area contributed by atoms with Crippen molar-refractivity contribution >= 4 is 0 Å². The van der Waals surface area contributed by atoms with Crippen LogP contribution in [-0.2, 0) is 0 Å². The highest BCUT2D eigenvalue weighted by Crippen LogP contribution is 2.22. The Hall–Kier alpha value is -1.06. The number of aryl methyl sites for hydroxylation is 3. The molecule has 0 saturated carbocycles. The fourth-order valence-corrected chi connectivity index (χ4v) is 1.50. The Bertz CT molecular complexity index is 350. The minimum Gasteiger partial charge on any atom is -0.493 e. The van der Waals surface area contributed by atoms with Crippen LogP contribution in [0.5, 0.6) is 5.75 Å². The van der Waals surface area contributed by atoms with Crippen LogP contribution in [0.3, 0.4) is 0 Å². The molecule has 1 unspecified atom stereocenters. The SMILES string of the molecule is Cc1cc(C)c(OCCC(N)CO)cc1C. The van der Waals surface area contributed by atoms with Crippen molar-refractivity contribution in [1.29, 1.82) is 0 Å². The monoisotopic (exact) mass is 223 g/mol. The van der Waals surface area contributed by atoms with Gasteiger partial charge in [-0.15, -0.1) is 0 Å². The van der Waals surface area contributed by atoms with Gasteiger partial charge in [0.1, 0.15) is 5.75 Å². The summed E-state index contributed by atoms with van der Waals surface area (Å²) in [7, 11) is 0. The lowest BCUT2D eigenvalue weighted by Gasteiger charge is -2.13. The third kappa shape index (κ3) is 3.51. The molecule has 0 aromatic heterocycles. The third-order valence-electron chi connectivity index (χ3n) is 2.77. The molecule has 1 rings (SSSR count). The Balaban J connectivity index is 2.57. The molecule has 16 heavy (non-hydrogen) atoms. The Kier molecular flexibility index (Phi) is 4.77. The first-order valence-corrected chi connectivity index (χ1v) is 5.61. The first kappa shape index (κ1) is 13.0. The summed E-state index contributed by atoms with van der Waals surface area (Å²) < 4.78 is 5.65. The van der Waals surface area contributed by atoms with E-state index in [1.165, 1.54) is 11.1 Å². The van der Waals surface area contributed by atoms with Gasteiger partial charge >= 0.3 is 0 Å². The van der Waals surface area contributed by atoms with Crippen molar-refractivity contribution in [3.05, 3.63) is 28.8 Å². The van der Waals surface area contributed by atoms with Crippen LogP contribution in [0.4, 0.5) is 0 Å². The smallest absolute Gasteiger partial charge is 0.122 e. The van der Waals surface area contributed by atoms with Crippen LogP contribution in [-0.4, -0.2) is 24.4 Å². The van der Waals surface area contributed by atoms with Gasteiger partial charge in [0, 0.05) is 6.04 Å². The maximum Gasteiger partial charge on any atom is 0.122 e. The Morgan fingerprint density at radius 3 is 2.44 bits per heavy atom. The summed E-state index contributed by atoms with van der Waals surface area (Å²) in [6.07, 6.45) is 0.670. The molecule has 3 N–H and O–H groups in total. The number of hydrogen-bond donors (Lipinski definition) is 2. The molecule has 90 valence electrons. The highest BCUT2D eigenvalue weighted by Gasteiger charge is 2.04. The van der Waals surface area contributed by atoms with Crippen LogP contribution in [0.2, 0.25) is 0 Å². The Labute approximate surface area is 97.2 Å². The van der Waals surface area contributed by atoms with Gasteiger partial charge in [0.05, 0.1) is 13.2 Å². The molecule has 0 amide bonds. The van der Waals surface area contributed by atoms with Crippen molar-refractivity contribution in [2.24, 2.45) is 5.73 Å². The molecule has 0 aliphatic rings. The average molecular weight is 223 g/mol. The van der Waals surface area contributed by atoms with Crippen molar-refractivity contribution in [1.82, 2.24) is 0 Å². The van der Waals surface area contributed by atoms with E-state index in [2.05, 4.69) is 26.0 Å². The van der Waals surface area contributed by atoms with E-state index in [0.29, 0.717) is 13.0 Å². The average Bonchev–Trinajstić information content (AvgIpc) is 2.25. The molecular formula is C13H21NO2. The molecule has 0 aliphatic carbocycles. The maximum absolute atomic E-state index is 8.79. The van der Waals surface area contributed by atoms with Gasteiger partial charge in [-0.05, 0) is 49.9 Å². The normalized spacial score (nSPS) is 12.6. The lowest BCUT2D eigenvalue weighted by atomic mass is 10.1. The van der Waals surface area contributed by atoms with Gasteiger partial charge in [0.2, 0.25) is 0 Å². The zero-order chi connectivity index (χ0) is 12.1. The first-order valence-electron chi connectivity index (χ1n) is 5.61. The number of rotatable bonds is 5. The van der Waals surface area contributed by atoms with Crippen molar-refractivity contribution < 1.29 is 9.84 Å². The summed E-state index contributed by atoms with van der Waals surface area (Å²) in [5, 5.41) is 8.79. The van der Waals surface area contributed by atoms with Crippen LogP contribution in [0, 0.1) is 20.8 Å². The van der Waals surface area contributed by atoms with Crippen molar-refractivity contribution in [2.45, 2.75) is 33.2 Å². The maximum atomic E-state index is 8.79. The number of hydrogen-bond acceptors (Lipinski definition) is 3. The van der Waals surface area contributed by atoms with Crippen LogP contribution < -0.4 is 10.5 Å². The van der Waals surface area contributed by atoms with Crippen LogP contribution in [0.1, 0.15) is 23.1 Å². The first-order chi connectivity index (χ1) is 7.54. The van der Waals surface area contributed by atoms with Crippen molar-refractivity contribution in [2.75, 3.05) is 13.2 Å². The molecule has 0 saturated heterocycles. The standard InChI is InChI=1S/C13H21NO2/c1-9-6-11(3)13(7-10(9)2)16-5-4-12(14)8-15/h6-7,12,15H,4-5,8,14H2,1-3H3. The molecule has 0 radical (unpaired) electrons. The Morgan fingerprint density at radius 1 is 1.19 bits per heavy atom. The second-order valence-electron chi connectivity index (χ2n) is 4.28. The van der Waals surface area contributed by atoms with Gasteiger partial charge < -0.3 is 15.6 Å². The number of ether oxygens (including phenoxy) is 1. The number of aliphatic hydroxyl groups excluding tert-OH is 1. The zero-order valence-electron chi connectivity index (χ0n) is 10.3. The fourth-order valence-electron chi connectivity index (χ4n) is 1.50. The molecule has 0 heterocycles. The highest BCUT2D eigenvalue weighted by atomic mass is 16.5. The second kappa shape index (κ2) is 5.87. The lowest BCUT2D eigenvalue weighted by Crippen LogP contribution is -2.26. The lowest BCUT2D eigenvalue weighted by molar-refractivity contribution is 0.230. The van der Waals surface area contributed by atoms with Crippen LogP contribution in [0.25, 0.3) is 0 Å². The topological polar surface area (TPSA) is 55.5 Å². The van der Waals surface area contributed by atoms with E-state index in [9.17, 15) is 0 Å². The minimum atomic E-state index is -0.188. The highest BCUT2D eigenvalue weighted by molar-refractivity contribution is 5.40. The summed E-state index contributed by atoms with van der Waals surface area (Å²) >= 11 is 0. The molecule has 0 aliphatic heterocycles. The van der Waals surface area contributed by atoms with Gasteiger partial charge in [-0.2, -0.15) is 0 Å². The summed E-state index contributed by atoms with van der Waals surface area (Å²) in [4.78, 5) is 0. The number of benzene rings is 1. The summed E-state index contributed by atoms with van der Waals surface area (Å²) in [6.45, 7) is 6.75. The van der Waals surface area contributed by atoms with Crippen molar-refractivity contribution in [3.63, 3.8) is 0 Å². The molecular weight excluding hydrogens is 202 g/mol. The molecule has 1 aromatic carbocycles. The van der Waals surface area contributed by atoms with Gasteiger partial charge in [-0.25, -0.2) is 0 Å². The molecule has 1 atom stereocenters. The zero-order valence-corrected chi connectivity index (χ0v) is 10.3. The van der Waals surface area contributed by atoms with E-state index in [1.54, 1.807) is 0 Å². The second-order valence-corrected chi connectivity index (χ2v) is 4.28. The van der Waals surface area contributed by atoms with Gasteiger partial charge in [0.25, 0.3) is 0 Å². The van der Waals surface area contributed by atoms with Gasteiger partial charge in [-0.1, -0.05) is 6.07 Å². The number of nitrogens with two attached hydrogens (primary N) is 1. The summed E-state index contributed by atoms with van der Waals surface area (Å²) in [6, 6.07) is 3.98. The van der Waals surface area contributed by atoms with E-state index < -0.39 is 0 Å². The molecule has 0 spiro atoms. The van der Waals surface area contributed by atoms with Crippen molar-refractivity contribution in [3.8, 4) is 5.75 Å². The fraction of sp³-hybridized carbons (Fsp3) is 0.538. The van der Waals surface area contributed by atoms with Crippen LogP contribution in [0.15, 0.2) is 12.1 Å². The van der Waals surface area contributed by atoms with Crippen LogP contribution >= 0.6 is 0 Å². The number of aliphatic hydroxyl groups is 1. The largest absolute Gasteiger partial charge is 0.493 e. The van der Waals surface area contributed by atoms with Gasteiger partial charge in [0.15, 0.2) is 0 Å². The summed E-state index contributed by atoms with van der Waals surface area (Å²) in [5.41, 5.74) is 9.24. The predicted molar refractivity (Wildman–Crippen MR) is 65.8 cm³/mol. The van der Waals surface area contributed by atoms with E-state index in [4.69, 9.17) is 15.6 Å². The molecule has 1 aromatic rings. The molecule has 0 fully saturated rings. The summed E-state index contributed by atoms with van der Waals surface area (Å²) in [5.74, 6) is 0.910. The Morgan fingerprint density at radius 2 is 1.81 bits per heavy atom. The third-order valence-corrected chi connectivity index (χ3v) is 2.77. The predicted octanol–water partition coefficient (Wildman–Crippen LogP) is 1.70. The van der Waals surface area contributed by atoms with E-state index in [-0.39, 0.29) is 12.6 Å². The van der Waals surface area contributed by atoms with Gasteiger partial charge in [-0.3, -0.25) is 0 Å². The molecule has 3 nitrogen and oxygen atoms in total.